The van der Waals surface area contributed by atoms with Crippen molar-refractivity contribution in [1.82, 2.24) is 0 Å². The molecule has 3 rings (SSSR count). The Morgan fingerprint density at radius 1 is 1.05 bits per heavy atom. The summed E-state index contributed by atoms with van der Waals surface area (Å²) in [5.74, 6) is 0.0142. The van der Waals surface area contributed by atoms with Crippen LogP contribution in [0, 0.1) is 0 Å². The average Bonchev–Trinajstić information content (AvgIpc) is 2.48. The van der Waals surface area contributed by atoms with Gasteiger partial charge in [-0.2, -0.15) is 0 Å². The van der Waals surface area contributed by atoms with Crippen molar-refractivity contribution < 1.29 is 9.21 Å². The van der Waals surface area contributed by atoms with Gasteiger partial charge < -0.3 is 10.2 Å². The predicted molar refractivity (Wildman–Crippen MR) is 80.8 cm³/mol. The maximum atomic E-state index is 12.2. The molecule has 104 valence electrons. The lowest BCUT2D eigenvalue weighted by molar-refractivity contribution is -0.117. The number of carbonyl (C=O) groups excluding carboxylic acids is 1. The van der Waals surface area contributed by atoms with E-state index < -0.39 is 5.91 Å². The van der Waals surface area contributed by atoms with Crippen LogP contribution in [0.3, 0.4) is 0 Å². The SMILES string of the molecule is NC(=O)Cc1cccc2c(=O)cc(-c3ccccc3)oc12. The van der Waals surface area contributed by atoms with E-state index in [-0.39, 0.29) is 11.8 Å². The summed E-state index contributed by atoms with van der Waals surface area (Å²) in [5, 5.41) is 0.452. The number of primary amides is 1. The van der Waals surface area contributed by atoms with Crippen molar-refractivity contribution >= 4 is 16.9 Å². The third kappa shape index (κ3) is 2.56. The number of fused-ring (bicyclic) bond motifs is 1. The lowest BCUT2D eigenvalue weighted by atomic mass is 10.1. The zero-order valence-corrected chi connectivity index (χ0v) is 11.2. The van der Waals surface area contributed by atoms with Crippen molar-refractivity contribution in [3.63, 3.8) is 0 Å². The number of nitrogens with two attached hydrogens (primary N) is 1. The molecule has 0 aliphatic heterocycles. The van der Waals surface area contributed by atoms with Gasteiger partial charge in [-0.25, -0.2) is 0 Å². The Kier molecular flexibility index (Phi) is 3.28. The lowest BCUT2D eigenvalue weighted by Gasteiger charge is -2.06. The minimum atomic E-state index is -0.463. The number of hydrogen-bond donors (Lipinski definition) is 1. The van der Waals surface area contributed by atoms with Crippen LogP contribution in [0.5, 0.6) is 0 Å². The van der Waals surface area contributed by atoms with Gasteiger partial charge in [-0.1, -0.05) is 42.5 Å². The Labute approximate surface area is 120 Å². The second-order valence-electron chi connectivity index (χ2n) is 4.78. The molecule has 2 aromatic carbocycles. The monoisotopic (exact) mass is 279 g/mol. The van der Waals surface area contributed by atoms with Crippen molar-refractivity contribution in [3.05, 3.63) is 70.4 Å². The van der Waals surface area contributed by atoms with Gasteiger partial charge in [0.15, 0.2) is 5.43 Å². The van der Waals surface area contributed by atoms with Crippen LogP contribution in [0.25, 0.3) is 22.3 Å². The summed E-state index contributed by atoms with van der Waals surface area (Å²) in [6.45, 7) is 0. The normalized spacial score (nSPS) is 10.7. The zero-order chi connectivity index (χ0) is 14.8. The molecule has 2 N–H and O–H groups in total. The number of rotatable bonds is 3. The Hall–Kier alpha value is -2.88. The van der Waals surface area contributed by atoms with Crippen molar-refractivity contribution in [2.75, 3.05) is 0 Å². The molecule has 4 heteroatoms. The fourth-order valence-corrected chi connectivity index (χ4v) is 2.31. The molecule has 4 nitrogen and oxygen atoms in total. The Morgan fingerprint density at radius 3 is 2.52 bits per heavy atom. The molecule has 0 aliphatic carbocycles. The summed E-state index contributed by atoms with van der Waals surface area (Å²) < 4.78 is 5.85. The number of benzene rings is 2. The molecule has 0 aliphatic rings. The van der Waals surface area contributed by atoms with Gasteiger partial charge in [0, 0.05) is 17.2 Å². The molecule has 0 fully saturated rings. The van der Waals surface area contributed by atoms with Gasteiger partial charge in [0.2, 0.25) is 5.91 Å². The molecule has 0 saturated heterocycles. The third-order valence-electron chi connectivity index (χ3n) is 3.26. The fourth-order valence-electron chi connectivity index (χ4n) is 2.31. The highest BCUT2D eigenvalue weighted by Crippen LogP contribution is 2.24. The highest BCUT2D eigenvalue weighted by atomic mass is 16.3. The minimum Gasteiger partial charge on any atom is -0.456 e. The van der Waals surface area contributed by atoms with E-state index in [1.54, 1.807) is 18.2 Å². The fraction of sp³-hybridized carbons (Fsp3) is 0.0588. The molecule has 3 aromatic rings. The van der Waals surface area contributed by atoms with Crippen molar-refractivity contribution in [3.8, 4) is 11.3 Å². The zero-order valence-electron chi connectivity index (χ0n) is 11.2. The van der Waals surface area contributed by atoms with E-state index in [9.17, 15) is 9.59 Å². The van der Waals surface area contributed by atoms with E-state index in [1.807, 2.05) is 30.3 Å². The highest BCUT2D eigenvalue weighted by molar-refractivity contribution is 5.86. The molecular formula is C17H13NO3. The topological polar surface area (TPSA) is 73.3 Å². The van der Waals surface area contributed by atoms with E-state index in [0.717, 1.165) is 5.56 Å². The maximum Gasteiger partial charge on any atom is 0.221 e. The lowest BCUT2D eigenvalue weighted by Crippen LogP contribution is -2.14. The second-order valence-corrected chi connectivity index (χ2v) is 4.78. The number of hydrogen-bond acceptors (Lipinski definition) is 3. The smallest absolute Gasteiger partial charge is 0.221 e. The van der Waals surface area contributed by atoms with Crippen LogP contribution >= 0.6 is 0 Å². The van der Waals surface area contributed by atoms with E-state index in [0.29, 0.717) is 22.3 Å². The standard InChI is InChI=1S/C17H13NO3/c18-16(20)9-12-7-4-8-13-14(19)10-15(21-17(12)13)11-5-2-1-3-6-11/h1-8,10H,9H2,(H2,18,20). The second kappa shape index (κ2) is 5.25. The van der Waals surface area contributed by atoms with E-state index in [4.69, 9.17) is 10.2 Å². The van der Waals surface area contributed by atoms with Crippen molar-refractivity contribution in [2.24, 2.45) is 5.73 Å². The van der Waals surface area contributed by atoms with Gasteiger partial charge in [-0.3, -0.25) is 9.59 Å². The largest absolute Gasteiger partial charge is 0.456 e. The average molecular weight is 279 g/mol. The molecule has 21 heavy (non-hydrogen) atoms. The molecular weight excluding hydrogens is 266 g/mol. The molecule has 0 spiro atoms. The maximum absolute atomic E-state index is 12.2. The van der Waals surface area contributed by atoms with Gasteiger partial charge >= 0.3 is 0 Å². The first-order valence-corrected chi connectivity index (χ1v) is 6.54. The van der Waals surface area contributed by atoms with Gasteiger partial charge in [0.05, 0.1) is 11.8 Å². The molecule has 0 saturated carbocycles. The number of amides is 1. The quantitative estimate of drug-likeness (QED) is 0.800. The van der Waals surface area contributed by atoms with Crippen LogP contribution in [-0.4, -0.2) is 5.91 Å². The summed E-state index contributed by atoms with van der Waals surface area (Å²) >= 11 is 0. The van der Waals surface area contributed by atoms with E-state index >= 15 is 0 Å². The van der Waals surface area contributed by atoms with E-state index in [1.165, 1.54) is 6.07 Å². The van der Waals surface area contributed by atoms with Crippen LogP contribution in [0.1, 0.15) is 5.56 Å². The van der Waals surface area contributed by atoms with Gasteiger partial charge in [-0.15, -0.1) is 0 Å². The molecule has 0 radical (unpaired) electrons. The highest BCUT2D eigenvalue weighted by Gasteiger charge is 2.11. The molecule has 0 atom stereocenters. The summed E-state index contributed by atoms with van der Waals surface area (Å²) in [6.07, 6.45) is 0.0402. The Morgan fingerprint density at radius 2 is 1.81 bits per heavy atom. The van der Waals surface area contributed by atoms with Crippen molar-refractivity contribution in [1.29, 1.82) is 0 Å². The molecule has 0 unspecified atom stereocenters. The third-order valence-corrected chi connectivity index (χ3v) is 3.26. The van der Waals surface area contributed by atoms with Crippen molar-refractivity contribution in [2.45, 2.75) is 6.42 Å². The van der Waals surface area contributed by atoms with E-state index in [2.05, 4.69) is 0 Å². The van der Waals surface area contributed by atoms with Crippen LogP contribution < -0.4 is 11.2 Å². The Balaban J connectivity index is 2.26. The summed E-state index contributed by atoms with van der Waals surface area (Å²) in [7, 11) is 0. The molecule has 1 aromatic heterocycles. The van der Waals surface area contributed by atoms with Crippen LogP contribution in [0.4, 0.5) is 0 Å². The molecule has 1 heterocycles. The first kappa shape index (κ1) is 13.1. The van der Waals surface area contributed by atoms with Crippen LogP contribution in [-0.2, 0) is 11.2 Å². The minimum absolute atomic E-state index is 0.0402. The van der Waals surface area contributed by atoms with Crippen LogP contribution in [0.15, 0.2) is 63.8 Å². The Bertz CT molecular complexity index is 866. The summed E-state index contributed by atoms with van der Waals surface area (Å²) in [4.78, 5) is 23.4. The van der Waals surface area contributed by atoms with Gasteiger partial charge in [0.1, 0.15) is 11.3 Å². The van der Waals surface area contributed by atoms with Gasteiger partial charge in [0.25, 0.3) is 0 Å². The summed E-state index contributed by atoms with van der Waals surface area (Å²) in [6, 6.07) is 16.0. The summed E-state index contributed by atoms with van der Waals surface area (Å²) in [5.41, 5.74) is 6.96. The number of carbonyl (C=O) groups is 1. The van der Waals surface area contributed by atoms with Crippen LogP contribution in [0.2, 0.25) is 0 Å². The molecule has 1 amide bonds. The first-order chi connectivity index (χ1) is 10.1. The van der Waals surface area contributed by atoms with Gasteiger partial charge in [-0.05, 0) is 6.07 Å². The molecule has 0 bridgehead atoms. The first-order valence-electron chi connectivity index (χ1n) is 6.54. The number of para-hydroxylation sites is 1. The predicted octanol–water partition coefficient (Wildman–Crippen LogP) is 2.49.